The van der Waals surface area contributed by atoms with Gasteiger partial charge in [-0.25, -0.2) is 0 Å². The highest BCUT2D eigenvalue weighted by Gasteiger charge is 2.30. The molecule has 0 aliphatic heterocycles. The molecule has 1 aliphatic rings. The Balaban J connectivity index is 2.15. The first-order valence-electron chi connectivity index (χ1n) is 5.62. The van der Waals surface area contributed by atoms with Gasteiger partial charge in [-0.2, -0.15) is 0 Å². The lowest BCUT2D eigenvalue weighted by Crippen LogP contribution is -2.15. The molecule has 1 nitrogen and oxygen atoms in total. The summed E-state index contributed by atoms with van der Waals surface area (Å²) in [5.74, 6) is 1.80. The Morgan fingerprint density at radius 2 is 2.08 bits per heavy atom. The molecule has 1 aliphatic carbocycles. The molecular weight excluding hydrogens is 160 g/mol. The van der Waals surface area contributed by atoms with Crippen molar-refractivity contribution in [1.82, 2.24) is 0 Å². The van der Waals surface area contributed by atoms with Gasteiger partial charge in [0.1, 0.15) is 0 Å². The van der Waals surface area contributed by atoms with Gasteiger partial charge in [0.05, 0.1) is 6.10 Å². The minimum absolute atomic E-state index is 0.121. The van der Waals surface area contributed by atoms with Crippen molar-refractivity contribution in [3.8, 4) is 0 Å². The molecule has 3 unspecified atom stereocenters. The highest BCUT2D eigenvalue weighted by atomic mass is 16.3. The Morgan fingerprint density at radius 1 is 1.38 bits per heavy atom. The summed E-state index contributed by atoms with van der Waals surface area (Å²) in [4.78, 5) is 0. The molecule has 1 heteroatoms. The van der Waals surface area contributed by atoms with Crippen LogP contribution in [-0.2, 0) is 0 Å². The van der Waals surface area contributed by atoms with E-state index in [0.29, 0.717) is 11.8 Å². The molecule has 1 fully saturated rings. The van der Waals surface area contributed by atoms with Crippen LogP contribution in [0.2, 0.25) is 0 Å². The fourth-order valence-electron chi connectivity index (χ4n) is 2.27. The highest BCUT2D eigenvalue weighted by Crippen LogP contribution is 2.35. The average Bonchev–Trinajstić information content (AvgIpc) is 2.35. The van der Waals surface area contributed by atoms with E-state index in [2.05, 4.69) is 20.8 Å². The lowest BCUT2D eigenvalue weighted by atomic mass is 9.90. The van der Waals surface area contributed by atoms with Crippen LogP contribution in [0.15, 0.2) is 0 Å². The summed E-state index contributed by atoms with van der Waals surface area (Å²) in [6.45, 7) is 8.59. The summed E-state index contributed by atoms with van der Waals surface area (Å²) in [6, 6.07) is 0. The summed E-state index contributed by atoms with van der Waals surface area (Å²) in [6.07, 6.45) is 5.93. The topological polar surface area (TPSA) is 20.2 Å². The van der Waals surface area contributed by atoms with E-state index in [1.807, 2.05) is 0 Å². The van der Waals surface area contributed by atoms with Crippen molar-refractivity contribution in [2.24, 2.45) is 17.8 Å². The van der Waals surface area contributed by atoms with E-state index in [0.717, 1.165) is 12.3 Å². The van der Waals surface area contributed by atoms with E-state index in [-0.39, 0.29) is 6.10 Å². The number of hydrogen-bond acceptors (Lipinski definition) is 1. The van der Waals surface area contributed by atoms with Gasteiger partial charge < -0.3 is 5.11 Å². The maximum atomic E-state index is 9.51. The van der Waals surface area contributed by atoms with Gasteiger partial charge >= 0.3 is 0 Å². The Hall–Kier alpha value is -0.0400. The molecular formula is C12H23O. The van der Waals surface area contributed by atoms with Gasteiger partial charge in [0.15, 0.2) is 0 Å². The van der Waals surface area contributed by atoms with Crippen LogP contribution in [0.3, 0.4) is 0 Å². The van der Waals surface area contributed by atoms with E-state index < -0.39 is 0 Å². The molecule has 1 radical (unpaired) electrons. The van der Waals surface area contributed by atoms with E-state index in [4.69, 9.17) is 0 Å². The lowest BCUT2D eigenvalue weighted by molar-refractivity contribution is 0.138. The Bertz CT molecular complexity index is 142. The second kappa shape index (κ2) is 4.99. The number of rotatable bonds is 4. The minimum atomic E-state index is -0.121. The van der Waals surface area contributed by atoms with Gasteiger partial charge in [0.2, 0.25) is 0 Å². The van der Waals surface area contributed by atoms with Crippen molar-refractivity contribution in [3.63, 3.8) is 0 Å². The third-order valence-electron chi connectivity index (χ3n) is 3.29. The van der Waals surface area contributed by atoms with Crippen molar-refractivity contribution >= 4 is 0 Å². The van der Waals surface area contributed by atoms with Crippen LogP contribution in [0, 0.1) is 24.7 Å². The first-order valence-corrected chi connectivity index (χ1v) is 5.62. The van der Waals surface area contributed by atoms with Crippen LogP contribution in [0.4, 0.5) is 0 Å². The smallest absolute Gasteiger partial charge is 0.0571 e. The molecule has 13 heavy (non-hydrogen) atoms. The third kappa shape index (κ3) is 3.30. The van der Waals surface area contributed by atoms with E-state index in [1.54, 1.807) is 0 Å². The molecule has 77 valence electrons. The Morgan fingerprint density at radius 3 is 2.54 bits per heavy atom. The van der Waals surface area contributed by atoms with Gasteiger partial charge in [-0.05, 0) is 37.5 Å². The zero-order valence-electron chi connectivity index (χ0n) is 9.00. The third-order valence-corrected chi connectivity index (χ3v) is 3.29. The number of aliphatic hydroxyl groups excluding tert-OH is 1. The van der Waals surface area contributed by atoms with Crippen molar-refractivity contribution in [2.45, 2.75) is 52.1 Å². The first kappa shape index (κ1) is 11.0. The lowest BCUT2D eigenvalue weighted by Gasteiger charge is -2.17. The monoisotopic (exact) mass is 183 g/mol. The molecule has 0 aromatic rings. The van der Waals surface area contributed by atoms with Crippen LogP contribution in [0.5, 0.6) is 0 Å². The Kier molecular flexibility index (Phi) is 4.24. The summed E-state index contributed by atoms with van der Waals surface area (Å²) in [7, 11) is 0. The molecule has 0 aromatic carbocycles. The van der Waals surface area contributed by atoms with Crippen LogP contribution < -0.4 is 0 Å². The zero-order chi connectivity index (χ0) is 9.84. The summed E-state index contributed by atoms with van der Waals surface area (Å²) in [5, 5.41) is 9.51. The highest BCUT2D eigenvalue weighted by molar-refractivity contribution is 4.85. The van der Waals surface area contributed by atoms with Gasteiger partial charge in [0.25, 0.3) is 0 Å². The fourth-order valence-corrected chi connectivity index (χ4v) is 2.27. The molecule has 1 rings (SSSR count). The van der Waals surface area contributed by atoms with Crippen molar-refractivity contribution in [2.75, 3.05) is 0 Å². The van der Waals surface area contributed by atoms with Crippen LogP contribution in [-0.4, -0.2) is 11.2 Å². The standard InChI is InChI=1S/C12H23O/c1-9(2)5-4-6-11-7-8-12(13)10(11)3/h9-13H,3-8H2,1-2H3. The zero-order valence-corrected chi connectivity index (χ0v) is 9.00. The normalized spacial score (nSPS) is 34.4. The van der Waals surface area contributed by atoms with Gasteiger partial charge in [-0.3, -0.25) is 0 Å². The fraction of sp³-hybridized carbons (Fsp3) is 0.917. The van der Waals surface area contributed by atoms with E-state index >= 15 is 0 Å². The molecule has 1 N–H and O–H groups in total. The van der Waals surface area contributed by atoms with Crippen LogP contribution in [0.1, 0.15) is 46.0 Å². The molecule has 0 amide bonds. The molecule has 0 heterocycles. The average molecular weight is 183 g/mol. The molecule has 0 spiro atoms. The molecule has 3 atom stereocenters. The maximum Gasteiger partial charge on any atom is 0.0571 e. The predicted molar refractivity (Wildman–Crippen MR) is 56.3 cm³/mol. The first-order chi connectivity index (χ1) is 6.11. The van der Waals surface area contributed by atoms with Crippen LogP contribution >= 0.6 is 0 Å². The maximum absolute atomic E-state index is 9.51. The van der Waals surface area contributed by atoms with E-state index in [1.165, 1.54) is 25.7 Å². The second-order valence-electron chi connectivity index (χ2n) is 4.89. The molecule has 1 saturated carbocycles. The summed E-state index contributed by atoms with van der Waals surface area (Å²) >= 11 is 0. The van der Waals surface area contributed by atoms with Crippen molar-refractivity contribution in [3.05, 3.63) is 6.92 Å². The SMILES string of the molecule is [CH2]C1C(O)CCC1CCCC(C)C. The second-order valence-corrected chi connectivity index (χ2v) is 4.89. The Labute approximate surface area is 82.5 Å². The molecule has 0 aromatic heterocycles. The predicted octanol–water partition coefficient (Wildman–Crippen LogP) is 3.03. The van der Waals surface area contributed by atoms with Crippen molar-refractivity contribution < 1.29 is 5.11 Å². The van der Waals surface area contributed by atoms with Gasteiger partial charge in [-0.15, -0.1) is 0 Å². The van der Waals surface area contributed by atoms with E-state index in [9.17, 15) is 5.11 Å². The van der Waals surface area contributed by atoms with Crippen molar-refractivity contribution in [1.29, 1.82) is 0 Å². The largest absolute Gasteiger partial charge is 0.393 e. The number of hydrogen-bond donors (Lipinski definition) is 1. The summed E-state index contributed by atoms with van der Waals surface area (Å²) in [5.41, 5.74) is 0. The quantitative estimate of drug-likeness (QED) is 0.710. The molecule has 0 saturated heterocycles. The minimum Gasteiger partial charge on any atom is -0.393 e. The van der Waals surface area contributed by atoms with Gasteiger partial charge in [-0.1, -0.05) is 33.1 Å². The summed E-state index contributed by atoms with van der Waals surface area (Å²) < 4.78 is 0. The van der Waals surface area contributed by atoms with Gasteiger partial charge in [0, 0.05) is 0 Å². The molecule has 0 bridgehead atoms. The number of aliphatic hydroxyl groups is 1. The van der Waals surface area contributed by atoms with Crippen LogP contribution in [0.25, 0.3) is 0 Å².